The van der Waals surface area contributed by atoms with Gasteiger partial charge in [-0.2, -0.15) is 0 Å². The summed E-state index contributed by atoms with van der Waals surface area (Å²) in [7, 11) is 0. The Morgan fingerprint density at radius 3 is 2.67 bits per heavy atom. The lowest BCUT2D eigenvalue weighted by Gasteiger charge is -2.26. The van der Waals surface area contributed by atoms with E-state index >= 15 is 0 Å². The second-order valence-corrected chi connectivity index (χ2v) is 5.26. The van der Waals surface area contributed by atoms with E-state index in [1.54, 1.807) is 12.2 Å². The Hall–Kier alpha value is -2.01. The van der Waals surface area contributed by atoms with E-state index in [4.69, 9.17) is 9.47 Å². The van der Waals surface area contributed by atoms with Crippen LogP contribution in [0.1, 0.15) is 24.8 Å². The molecule has 0 atom stereocenters. The standard InChI is InChI=1S/C16H20N2O3/c19-16(17-18-8-2-1-3-9-18)7-5-13-4-6-14-15(12-13)21-11-10-20-14/h4-7,12H,1-3,8-11H2,(H,17,19)/b7-5+. The highest BCUT2D eigenvalue weighted by molar-refractivity contribution is 5.91. The van der Waals surface area contributed by atoms with Crippen molar-refractivity contribution in [2.75, 3.05) is 26.3 Å². The highest BCUT2D eigenvalue weighted by Crippen LogP contribution is 2.31. The first-order valence-corrected chi connectivity index (χ1v) is 7.44. The summed E-state index contributed by atoms with van der Waals surface area (Å²) in [4.78, 5) is 11.9. The lowest BCUT2D eigenvalue weighted by atomic mass is 10.1. The number of nitrogens with zero attached hydrogens (tertiary/aromatic N) is 1. The minimum absolute atomic E-state index is 0.0909. The predicted octanol–water partition coefficient (Wildman–Crippen LogP) is 1.99. The zero-order valence-corrected chi connectivity index (χ0v) is 12.0. The summed E-state index contributed by atoms with van der Waals surface area (Å²) in [5, 5.41) is 1.99. The second kappa shape index (κ2) is 6.63. The molecule has 3 rings (SSSR count). The van der Waals surface area contributed by atoms with Gasteiger partial charge < -0.3 is 9.47 Å². The molecule has 0 aliphatic carbocycles. The summed E-state index contributed by atoms with van der Waals surface area (Å²) in [6, 6.07) is 5.67. The van der Waals surface area contributed by atoms with Crippen molar-refractivity contribution in [2.24, 2.45) is 0 Å². The third-order valence-electron chi connectivity index (χ3n) is 3.62. The fourth-order valence-corrected chi connectivity index (χ4v) is 2.53. The SMILES string of the molecule is O=C(/C=C/c1ccc2c(c1)OCCO2)NN1CCCCC1. The molecule has 0 spiro atoms. The van der Waals surface area contributed by atoms with Crippen molar-refractivity contribution in [2.45, 2.75) is 19.3 Å². The van der Waals surface area contributed by atoms with Crippen LogP contribution in [0.4, 0.5) is 0 Å². The monoisotopic (exact) mass is 288 g/mol. The van der Waals surface area contributed by atoms with Crippen molar-refractivity contribution in [1.82, 2.24) is 10.4 Å². The third kappa shape index (κ3) is 3.76. The van der Waals surface area contributed by atoms with Crippen LogP contribution >= 0.6 is 0 Å². The first-order chi connectivity index (χ1) is 10.3. The first-order valence-electron chi connectivity index (χ1n) is 7.44. The smallest absolute Gasteiger partial charge is 0.258 e. The van der Waals surface area contributed by atoms with E-state index in [-0.39, 0.29) is 5.91 Å². The largest absolute Gasteiger partial charge is 0.486 e. The molecule has 112 valence electrons. The second-order valence-electron chi connectivity index (χ2n) is 5.26. The predicted molar refractivity (Wildman–Crippen MR) is 80.0 cm³/mol. The average molecular weight is 288 g/mol. The molecule has 5 nitrogen and oxygen atoms in total. The zero-order chi connectivity index (χ0) is 14.5. The van der Waals surface area contributed by atoms with Gasteiger partial charge in [-0.3, -0.25) is 10.2 Å². The van der Waals surface area contributed by atoms with Gasteiger partial charge in [0.2, 0.25) is 0 Å². The Balaban J connectivity index is 1.58. The molecule has 2 heterocycles. The van der Waals surface area contributed by atoms with E-state index in [1.165, 1.54) is 6.42 Å². The summed E-state index contributed by atoms with van der Waals surface area (Å²) in [6.45, 7) is 3.02. The number of hydrogen-bond donors (Lipinski definition) is 1. The number of carbonyl (C=O) groups is 1. The molecule has 1 N–H and O–H groups in total. The van der Waals surface area contributed by atoms with Gasteiger partial charge in [0.15, 0.2) is 11.5 Å². The van der Waals surface area contributed by atoms with E-state index in [0.717, 1.165) is 43.0 Å². The first kappa shape index (κ1) is 13.9. The highest BCUT2D eigenvalue weighted by Gasteiger charge is 2.12. The molecule has 0 radical (unpaired) electrons. The molecule has 0 unspecified atom stereocenters. The maximum Gasteiger partial charge on any atom is 0.258 e. The maximum atomic E-state index is 11.9. The number of amides is 1. The Bertz CT molecular complexity index is 536. The molecule has 5 heteroatoms. The van der Waals surface area contributed by atoms with Gasteiger partial charge in [0.1, 0.15) is 13.2 Å². The van der Waals surface area contributed by atoms with Gasteiger partial charge in [0, 0.05) is 19.2 Å². The summed E-state index contributed by atoms with van der Waals surface area (Å²) in [6.07, 6.45) is 6.88. The molecule has 2 aliphatic heterocycles. The van der Waals surface area contributed by atoms with Crippen LogP contribution in [0.5, 0.6) is 11.5 Å². The maximum absolute atomic E-state index is 11.9. The van der Waals surface area contributed by atoms with Crippen molar-refractivity contribution in [3.8, 4) is 11.5 Å². The van der Waals surface area contributed by atoms with Crippen molar-refractivity contribution in [3.63, 3.8) is 0 Å². The molecule has 1 fully saturated rings. The van der Waals surface area contributed by atoms with Crippen molar-refractivity contribution in [1.29, 1.82) is 0 Å². The quantitative estimate of drug-likeness (QED) is 0.864. The van der Waals surface area contributed by atoms with Crippen LogP contribution in [-0.2, 0) is 4.79 Å². The lowest BCUT2D eigenvalue weighted by molar-refractivity contribution is -0.121. The summed E-state index contributed by atoms with van der Waals surface area (Å²) < 4.78 is 11.0. The number of carbonyl (C=O) groups excluding carboxylic acids is 1. The highest BCUT2D eigenvalue weighted by atomic mass is 16.6. The number of nitrogens with one attached hydrogen (secondary N) is 1. The van der Waals surface area contributed by atoms with Crippen LogP contribution in [0.3, 0.4) is 0 Å². The Morgan fingerprint density at radius 2 is 1.86 bits per heavy atom. The normalized spacial score (nSPS) is 18.7. The van der Waals surface area contributed by atoms with Crippen molar-refractivity contribution >= 4 is 12.0 Å². The molecule has 1 aromatic carbocycles. The summed E-state index contributed by atoms with van der Waals surface area (Å²) in [5.74, 6) is 1.41. The number of rotatable bonds is 3. The van der Waals surface area contributed by atoms with Crippen LogP contribution in [0.25, 0.3) is 6.08 Å². The number of ether oxygens (including phenoxy) is 2. The van der Waals surface area contributed by atoms with Crippen LogP contribution in [0, 0.1) is 0 Å². The summed E-state index contributed by atoms with van der Waals surface area (Å²) in [5.41, 5.74) is 3.83. The molecule has 1 saturated heterocycles. The Morgan fingerprint density at radius 1 is 1.10 bits per heavy atom. The van der Waals surface area contributed by atoms with Gasteiger partial charge in [-0.15, -0.1) is 0 Å². The fraction of sp³-hybridized carbons (Fsp3) is 0.438. The van der Waals surface area contributed by atoms with E-state index in [0.29, 0.717) is 13.2 Å². The molecule has 0 bridgehead atoms. The van der Waals surface area contributed by atoms with Gasteiger partial charge in [-0.05, 0) is 36.6 Å². The van der Waals surface area contributed by atoms with E-state index in [1.807, 2.05) is 23.2 Å². The van der Waals surface area contributed by atoms with Crippen molar-refractivity contribution in [3.05, 3.63) is 29.8 Å². The van der Waals surface area contributed by atoms with Gasteiger partial charge in [-0.1, -0.05) is 12.5 Å². The Kier molecular flexibility index (Phi) is 4.40. The number of piperidine rings is 1. The molecular weight excluding hydrogens is 268 g/mol. The van der Waals surface area contributed by atoms with Crippen LogP contribution < -0.4 is 14.9 Å². The minimum Gasteiger partial charge on any atom is -0.486 e. The van der Waals surface area contributed by atoms with E-state index < -0.39 is 0 Å². The fourth-order valence-electron chi connectivity index (χ4n) is 2.53. The van der Waals surface area contributed by atoms with Crippen LogP contribution in [-0.4, -0.2) is 37.2 Å². The molecule has 0 saturated carbocycles. The average Bonchev–Trinajstić information content (AvgIpc) is 2.54. The molecular formula is C16H20N2O3. The van der Waals surface area contributed by atoms with Crippen LogP contribution in [0.2, 0.25) is 0 Å². The third-order valence-corrected chi connectivity index (χ3v) is 3.62. The van der Waals surface area contributed by atoms with Gasteiger partial charge in [0.05, 0.1) is 0 Å². The Labute approximate surface area is 124 Å². The topological polar surface area (TPSA) is 50.8 Å². The number of benzene rings is 1. The zero-order valence-electron chi connectivity index (χ0n) is 12.0. The lowest BCUT2D eigenvalue weighted by Crippen LogP contribution is -2.44. The van der Waals surface area contributed by atoms with E-state index in [9.17, 15) is 4.79 Å². The summed E-state index contributed by atoms with van der Waals surface area (Å²) >= 11 is 0. The molecule has 1 amide bonds. The minimum atomic E-state index is -0.0909. The van der Waals surface area contributed by atoms with E-state index in [2.05, 4.69) is 5.43 Å². The molecule has 0 aromatic heterocycles. The van der Waals surface area contributed by atoms with Gasteiger partial charge in [0.25, 0.3) is 5.91 Å². The number of hydrazine groups is 1. The number of hydrogen-bond acceptors (Lipinski definition) is 4. The molecule has 1 aromatic rings. The van der Waals surface area contributed by atoms with Gasteiger partial charge in [-0.25, -0.2) is 5.01 Å². The molecule has 2 aliphatic rings. The van der Waals surface area contributed by atoms with Gasteiger partial charge >= 0.3 is 0 Å². The van der Waals surface area contributed by atoms with Crippen LogP contribution in [0.15, 0.2) is 24.3 Å². The van der Waals surface area contributed by atoms with Crippen molar-refractivity contribution < 1.29 is 14.3 Å². The molecule has 21 heavy (non-hydrogen) atoms. The number of fused-ring (bicyclic) bond motifs is 1.